The van der Waals surface area contributed by atoms with Crippen LogP contribution in [0.3, 0.4) is 0 Å². The van der Waals surface area contributed by atoms with E-state index in [0.717, 1.165) is 11.3 Å². The Morgan fingerprint density at radius 3 is 2.83 bits per heavy atom. The molecule has 2 rings (SSSR count). The molecular weight excluding hydrogens is 258 g/mol. The number of carbonyl (C=O) groups is 3. The normalized spacial score (nSPS) is 19.1. The standard InChI is InChI=1S/C10H11N3O4S/c1-13-3-2-5(9(13)15)11-7(14)8-12-6(4-18-8)10(16)17/h4-5H,2-3H2,1H3,(H,11,14)(H,16,17). The van der Waals surface area contributed by atoms with E-state index >= 15 is 0 Å². The third-order valence-corrected chi connectivity index (χ3v) is 3.49. The van der Waals surface area contributed by atoms with Crippen molar-refractivity contribution in [1.82, 2.24) is 15.2 Å². The van der Waals surface area contributed by atoms with Gasteiger partial charge in [0.05, 0.1) is 0 Å². The van der Waals surface area contributed by atoms with Gasteiger partial charge in [-0.15, -0.1) is 11.3 Å². The second kappa shape index (κ2) is 4.73. The van der Waals surface area contributed by atoms with Crippen molar-refractivity contribution in [2.24, 2.45) is 0 Å². The Kier molecular flexibility index (Phi) is 3.28. The molecule has 2 heterocycles. The summed E-state index contributed by atoms with van der Waals surface area (Å²) in [5.74, 6) is -1.83. The summed E-state index contributed by atoms with van der Waals surface area (Å²) in [5, 5.41) is 12.6. The summed E-state index contributed by atoms with van der Waals surface area (Å²) >= 11 is 0.942. The van der Waals surface area contributed by atoms with Crippen LogP contribution in [0, 0.1) is 0 Å². The molecule has 1 fully saturated rings. The number of carboxylic acid groups (broad SMARTS) is 1. The number of likely N-dealkylation sites (N-methyl/N-ethyl adjacent to an activating group) is 1. The van der Waals surface area contributed by atoms with Crippen molar-refractivity contribution in [2.75, 3.05) is 13.6 Å². The number of likely N-dealkylation sites (tertiary alicyclic amines) is 1. The lowest BCUT2D eigenvalue weighted by Gasteiger charge is -2.10. The number of carboxylic acids is 1. The fraction of sp³-hybridized carbons (Fsp3) is 0.400. The van der Waals surface area contributed by atoms with Crippen molar-refractivity contribution in [3.8, 4) is 0 Å². The number of hydrogen-bond acceptors (Lipinski definition) is 5. The van der Waals surface area contributed by atoms with Gasteiger partial charge in [0.1, 0.15) is 6.04 Å². The van der Waals surface area contributed by atoms with Gasteiger partial charge in [-0.25, -0.2) is 9.78 Å². The van der Waals surface area contributed by atoms with Crippen molar-refractivity contribution in [3.63, 3.8) is 0 Å². The summed E-state index contributed by atoms with van der Waals surface area (Å²) in [5.41, 5.74) is -0.167. The molecule has 1 atom stereocenters. The summed E-state index contributed by atoms with van der Waals surface area (Å²) in [7, 11) is 1.67. The summed E-state index contributed by atoms with van der Waals surface area (Å²) < 4.78 is 0. The molecule has 2 N–H and O–H groups in total. The smallest absolute Gasteiger partial charge is 0.355 e. The number of nitrogens with zero attached hydrogens (tertiary/aromatic N) is 2. The summed E-state index contributed by atoms with van der Waals surface area (Å²) in [6.45, 7) is 0.599. The Hall–Kier alpha value is -1.96. The van der Waals surface area contributed by atoms with E-state index in [2.05, 4.69) is 10.3 Å². The molecule has 0 aromatic carbocycles. The predicted molar refractivity (Wildman–Crippen MR) is 62.6 cm³/mol. The average molecular weight is 269 g/mol. The fourth-order valence-corrected chi connectivity index (χ4v) is 2.35. The van der Waals surface area contributed by atoms with Gasteiger partial charge in [-0.3, -0.25) is 9.59 Å². The molecule has 1 unspecified atom stereocenters. The van der Waals surface area contributed by atoms with Gasteiger partial charge in [-0.2, -0.15) is 0 Å². The third-order valence-electron chi connectivity index (χ3n) is 2.65. The third kappa shape index (κ3) is 2.33. The largest absolute Gasteiger partial charge is 0.476 e. The zero-order chi connectivity index (χ0) is 13.3. The summed E-state index contributed by atoms with van der Waals surface area (Å²) in [4.78, 5) is 39.2. The molecule has 18 heavy (non-hydrogen) atoms. The Bertz CT molecular complexity index is 513. The molecule has 1 aliphatic heterocycles. The van der Waals surface area contributed by atoms with Gasteiger partial charge in [-0.05, 0) is 6.42 Å². The van der Waals surface area contributed by atoms with E-state index in [-0.39, 0.29) is 16.6 Å². The number of aromatic nitrogens is 1. The van der Waals surface area contributed by atoms with Crippen LogP contribution in [-0.2, 0) is 4.79 Å². The second-order valence-electron chi connectivity index (χ2n) is 3.92. The first-order valence-corrected chi connectivity index (χ1v) is 6.11. The zero-order valence-corrected chi connectivity index (χ0v) is 10.4. The lowest BCUT2D eigenvalue weighted by atomic mass is 10.2. The van der Waals surface area contributed by atoms with Gasteiger partial charge in [0, 0.05) is 19.0 Å². The maximum absolute atomic E-state index is 11.8. The van der Waals surface area contributed by atoms with Crippen LogP contribution in [0.25, 0.3) is 0 Å². The monoisotopic (exact) mass is 269 g/mol. The van der Waals surface area contributed by atoms with Crippen LogP contribution in [0.5, 0.6) is 0 Å². The molecule has 0 saturated carbocycles. The number of rotatable bonds is 3. The van der Waals surface area contributed by atoms with Gasteiger partial charge < -0.3 is 15.3 Å². The Balaban J connectivity index is 2.03. The van der Waals surface area contributed by atoms with Crippen LogP contribution in [0.15, 0.2) is 5.38 Å². The van der Waals surface area contributed by atoms with E-state index in [1.165, 1.54) is 10.3 Å². The molecule has 1 aliphatic rings. The Labute approximate surface area is 106 Å². The molecule has 96 valence electrons. The van der Waals surface area contributed by atoms with E-state index < -0.39 is 17.9 Å². The van der Waals surface area contributed by atoms with Crippen molar-refractivity contribution < 1.29 is 19.5 Å². The minimum atomic E-state index is -1.18. The highest BCUT2D eigenvalue weighted by atomic mass is 32.1. The number of nitrogens with one attached hydrogen (secondary N) is 1. The molecule has 1 saturated heterocycles. The number of aromatic carboxylic acids is 1. The number of carbonyl (C=O) groups excluding carboxylic acids is 2. The quantitative estimate of drug-likeness (QED) is 0.791. The summed E-state index contributed by atoms with van der Waals surface area (Å²) in [6, 6.07) is -0.542. The molecule has 1 aromatic heterocycles. The van der Waals surface area contributed by atoms with Crippen molar-refractivity contribution in [2.45, 2.75) is 12.5 Å². The van der Waals surface area contributed by atoms with Crippen LogP contribution in [-0.4, -0.2) is 52.4 Å². The minimum Gasteiger partial charge on any atom is -0.476 e. The van der Waals surface area contributed by atoms with E-state index in [0.29, 0.717) is 13.0 Å². The Morgan fingerprint density at radius 2 is 2.33 bits per heavy atom. The lowest BCUT2D eigenvalue weighted by Crippen LogP contribution is -2.40. The molecule has 0 aliphatic carbocycles. The van der Waals surface area contributed by atoms with E-state index in [9.17, 15) is 14.4 Å². The first-order chi connectivity index (χ1) is 8.49. The number of thiazole rings is 1. The van der Waals surface area contributed by atoms with Gasteiger partial charge in [0.2, 0.25) is 5.91 Å². The molecular formula is C10H11N3O4S. The van der Waals surface area contributed by atoms with E-state index in [1.54, 1.807) is 7.05 Å². The average Bonchev–Trinajstić information content (AvgIpc) is 2.91. The molecule has 0 bridgehead atoms. The van der Waals surface area contributed by atoms with E-state index in [4.69, 9.17) is 5.11 Å². The van der Waals surface area contributed by atoms with Gasteiger partial charge in [-0.1, -0.05) is 0 Å². The van der Waals surface area contributed by atoms with E-state index in [1.807, 2.05) is 0 Å². The highest BCUT2D eigenvalue weighted by Crippen LogP contribution is 2.13. The number of amides is 2. The van der Waals surface area contributed by atoms with Crippen LogP contribution in [0.4, 0.5) is 0 Å². The van der Waals surface area contributed by atoms with Gasteiger partial charge >= 0.3 is 5.97 Å². The zero-order valence-electron chi connectivity index (χ0n) is 9.54. The van der Waals surface area contributed by atoms with Crippen LogP contribution in [0.1, 0.15) is 26.7 Å². The van der Waals surface area contributed by atoms with Crippen LogP contribution < -0.4 is 5.32 Å². The lowest BCUT2D eigenvalue weighted by molar-refractivity contribution is -0.128. The van der Waals surface area contributed by atoms with Crippen molar-refractivity contribution in [1.29, 1.82) is 0 Å². The molecule has 2 amide bonds. The maximum atomic E-state index is 11.8. The van der Waals surface area contributed by atoms with Crippen LogP contribution >= 0.6 is 11.3 Å². The highest BCUT2D eigenvalue weighted by Gasteiger charge is 2.31. The highest BCUT2D eigenvalue weighted by molar-refractivity contribution is 7.11. The second-order valence-corrected chi connectivity index (χ2v) is 4.78. The van der Waals surface area contributed by atoms with Gasteiger partial charge in [0.25, 0.3) is 5.91 Å². The van der Waals surface area contributed by atoms with Crippen molar-refractivity contribution in [3.05, 3.63) is 16.1 Å². The SMILES string of the molecule is CN1CCC(NC(=O)c2nc(C(=O)O)cs2)C1=O. The maximum Gasteiger partial charge on any atom is 0.355 e. The molecule has 8 heteroatoms. The Morgan fingerprint density at radius 1 is 1.61 bits per heavy atom. The molecule has 7 nitrogen and oxygen atoms in total. The molecule has 1 aromatic rings. The first kappa shape index (κ1) is 12.5. The predicted octanol–water partition coefficient (Wildman–Crippen LogP) is -0.198. The number of hydrogen-bond donors (Lipinski definition) is 2. The fourth-order valence-electron chi connectivity index (χ4n) is 1.65. The first-order valence-electron chi connectivity index (χ1n) is 5.23. The summed E-state index contributed by atoms with van der Waals surface area (Å²) in [6.07, 6.45) is 0.554. The molecule has 0 radical (unpaired) electrons. The van der Waals surface area contributed by atoms with Crippen molar-refractivity contribution >= 4 is 29.1 Å². The molecule has 0 spiro atoms. The minimum absolute atomic E-state index is 0.0507. The topological polar surface area (TPSA) is 99.6 Å². The van der Waals surface area contributed by atoms with Crippen LogP contribution in [0.2, 0.25) is 0 Å². The van der Waals surface area contributed by atoms with Gasteiger partial charge in [0.15, 0.2) is 10.7 Å².